The maximum Gasteiger partial charge on any atom is 0.416 e. The van der Waals surface area contributed by atoms with E-state index in [1.807, 2.05) is 4.90 Å². The molecule has 43 heavy (non-hydrogen) atoms. The molecule has 0 unspecified atom stereocenters. The van der Waals surface area contributed by atoms with Gasteiger partial charge in [-0.3, -0.25) is 4.79 Å². The molecule has 3 aromatic rings. The van der Waals surface area contributed by atoms with Gasteiger partial charge in [-0.2, -0.15) is 17.5 Å². The number of nitrogens with zero attached hydrogens (tertiary/aromatic N) is 3. The van der Waals surface area contributed by atoms with Gasteiger partial charge in [0.15, 0.2) is 0 Å². The molecule has 0 saturated carbocycles. The van der Waals surface area contributed by atoms with Crippen LogP contribution in [0.2, 0.25) is 0 Å². The number of carbonyl (C=O) groups is 2. The summed E-state index contributed by atoms with van der Waals surface area (Å²) >= 11 is 0. The molecule has 3 aromatic carbocycles. The number of hydrogen-bond acceptors (Lipinski definition) is 6. The molecular formula is C29H32F3N5O5S. The number of halogens is 3. The lowest BCUT2D eigenvalue weighted by Gasteiger charge is -2.36. The Bertz CT molecular complexity index is 1500. The van der Waals surface area contributed by atoms with Crippen molar-refractivity contribution in [2.24, 2.45) is 0 Å². The first-order chi connectivity index (χ1) is 20.5. The molecule has 0 aliphatic carbocycles. The van der Waals surface area contributed by atoms with Gasteiger partial charge in [0, 0.05) is 56.9 Å². The summed E-state index contributed by atoms with van der Waals surface area (Å²) in [7, 11) is -2.46. The van der Waals surface area contributed by atoms with Crippen molar-refractivity contribution in [1.82, 2.24) is 9.21 Å². The second kappa shape index (κ2) is 13.9. The third-order valence-electron chi connectivity index (χ3n) is 6.77. The Kier molecular flexibility index (Phi) is 10.3. The minimum Gasteiger partial charge on any atom is -0.383 e. The predicted octanol–water partition coefficient (Wildman–Crippen LogP) is 4.34. The minimum absolute atomic E-state index is 0.00400. The van der Waals surface area contributed by atoms with Gasteiger partial charge in [0.25, 0.3) is 0 Å². The molecule has 4 rings (SSSR count). The van der Waals surface area contributed by atoms with Crippen molar-refractivity contribution < 1.29 is 35.9 Å². The lowest BCUT2D eigenvalue weighted by molar-refractivity contribution is -0.137. The molecule has 1 heterocycles. The minimum atomic E-state index is -4.50. The molecule has 1 aliphatic heterocycles. The van der Waals surface area contributed by atoms with Gasteiger partial charge >= 0.3 is 12.2 Å². The Labute approximate surface area is 248 Å². The number of hydrogen-bond donors (Lipinski definition) is 2. The summed E-state index contributed by atoms with van der Waals surface area (Å²) in [4.78, 5) is 29.1. The van der Waals surface area contributed by atoms with Crippen LogP contribution in [0.1, 0.15) is 5.56 Å². The summed E-state index contributed by atoms with van der Waals surface area (Å²) in [5.41, 5.74) is 0.565. The monoisotopic (exact) mass is 619 g/mol. The molecule has 1 fully saturated rings. The highest BCUT2D eigenvalue weighted by Gasteiger charge is 2.31. The van der Waals surface area contributed by atoms with Crippen LogP contribution in [0.25, 0.3) is 0 Å². The van der Waals surface area contributed by atoms with Gasteiger partial charge in [0.2, 0.25) is 15.9 Å². The average molecular weight is 620 g/mol. The number of piperazine rings is 1. The van der Waals surface area contributed by atoms with Crippen LogP contribution in [0.4, 0.5) is 35.0 Å². The Hall–Kier alpha value is -4.14. The van der Waals surface area contributed by atoms with E-state index in [2.05, 4.69) is 10.6 Å². The largest absolute Gasteiger partial charge is 0.416 e. The number of alkyl halides is 3. The van der Waals surface area contributed by atoms with Gasteiger partial charge in [-0.25, -0.2) is 13.2 Å². The Morgan fingerprint density at radius 3 is 2.19 bits per heavy atom. The van der Waals surface area contributed by atoms with E-state index >= 15 is 0 Å². The summed E-state index contributed by atoms with van der Waals surface area (Å²) in [6, 6.07) is 18.9. The number of ether oxygens (including phenoxy) is 1. The van der Waals surface area contributed by atoms with Gasteiger partial charge in [0.1, 0.15) is 0 Å². The maximum atomic E-state index is 13.1. The average Bonchev–Trinajstić information content (AvgIpc) is 3.00. The fourth-order valence-electron chi connectivity index (χ4n) is 4.48. The number of amides is 3. The van der Waals surface area contributed by atoms with E-state index in [9.17, 15) is 31.2 Å². The summed E-state index contributed by atoms with van der Waals surface area (Å²) in [6.07, 6.45) is -4.50. The van der Waals surface area contributed by atoms with E-state index in [0.717, 1.165) is 22.1 Å². The predicted molar refractivity (Wildman–Crippen MR) is 156 cm³/mol. The first-order valence-electron chi connectivity index (χ1n) is 13.4. The van der Waals surface area contributed by atoms with E-state index in [0.29, 0.717) is 31.9 Å². The van der Waals surface area contributed by atoms with Gasteiger partial charge in [-0.05, 0) is 54.6 Å². The Balaban J connectivity index is 1.30. The fraction of sp³-hybridized carbons (Fsp3) is 0.310. The van der Waals surface area contributed by atoms with Crippen LogP contribution >= 0.6 is 0 Å². The SMILES string of the molecule is COCCN(CC(=O)Nc1ccc(N2CCN(C(=O)Nc3cccc(C(F)(F)F)c3)CC2)cc1)S(=O)(=O)c1ccccc1. The van der Waals surface area contributed by atoms with Crippen molar-refractivity contribution in [3.8, 4) is 0 Å². The van der Waals surface area contributed by atoms with E-state index < -0.39 is 40.2 Å². The van der Waals surface area contributed by atoms with Gasteiger partial charge in [-0.1, -0.05) is 24.3 Å². The summed E-state index contributed by atoms with van der Waals surface area (Å²) in [6.45, 7) is 1.43. The Morgan fingerprint density at radius 2 is 1.56 bits per heavy atom. The molecular weight excluding hydrogens is 587 g/mol. The Morgan fingerprint density at radius 1 is 0.884 bits per heavy atom. The van der Waals surface area contributed by atoms with Gasteiger partial charge in [0.05, 0.1) is 23.6 Å². The van der Waals surface area contributed by atoms with Crippen molar-refractivity contribution in [3.63, 3.8) is 0 Å². The number of nitrogens with one attached hydrogen (secondary N) is 2. The number of rotatable bonds is 10. The molecule has 10 nitrogen and oxygen atoms in total. The van der Waals surface area contributed by atoms with Crippen LogP contribution in [0, 0.1) is 0 Å². The van der Waals surface area contributed by atoms with Crippen LogP contribution in [0.3, 0.4) is 0 Å². The van der Waals surface area contributed by atoms with Gasteiger partial charge in [-0.15, -0.1) is 0 Å². The zero-order valence-electron chi connectivity index (χ0n) is 23.4. The second-order valence-corrected chi connectivity index (χ2v) is 11.7. The summed E-state index contributed by atoms with van der Waals surface area (Å²) in [5.74, 6) is -0.510. The molecule has 230 valence electrons. The number of urea groups is 1. The summed E-state index contributed by atoms with van der Waals surface area (Å²) in [5, 5.41) is 5.25. The van der Waals surface area contributed by atoms with Crippen molar-refractivity contribution in [3.05, 3.63) is 84.4 Å². The molecule has 0 spiro atoms. The standard InChI is InChI=1S/C29H32F3N5O5S/c1-42-19-18-37(43(40,41)26-8-3-2-4-9-26)21-27(38)33-23-10-12-25(13-11-23)35-14-16-36(17-15-35)28(39)34-24-7-5-6-22(20-24)29(30,31)32/h2-13,20H,14-19,21H2,1H3,(H,33,38)(H,34,39). The molecule has 0 atom stereocenters. The van der Waals surface area contributed by atoms with Crippen LogP contribution in [-0.4, -0.2) is 82.5 Å². The zero-order chi connectivity index (χ0) is 31.0. The van der Waals surface area contributed by atoms with Crippen molar-refractivity contribution in [1.29, 1.82) is 0 Å². The van der Waals surface area contributed by atoms with E-state index in [1.165, 1.54) is 36.3 Å². The molecule has 2 N–H and O–H groups in total. The highest BCUT2D eigenvalue weighted by Crippen LogP contribution is 2.31. The second-order valence-electron chi connectivity index (χ2n) is 9.72. The first kappa shape index (κ1) is 31.8. The highest BCUT2D eigenvalue weighted by atomic mass is 32.2. The fourth-order valence-corrected chi connectivity index (χ4v) is 5.88. The quantitative estimate of drug-likeness (QED) is 0.350. The van der Waals surface area contributed by atoms with E-state index in [1.54, 1.807) is 42.5 Å². The summed E-state index contributed by atoms with van der Waals surface area (Å²) < 4.78 is 71.1. The number of sulfonamides is 1. The topological polar surface area (TPSA) is 111 Å². The zero-order valence-corrected chi connectivity index (χ0v) is 24.2. The van der Waals surface area contributed by atoms with Crippen LogP contribution in [0.15, 0.2) is 83.8 Å². The van der Waals surface area contributed by atoms with Crippen LogP contribution < -0.4 is 15.5 Å². The van der Waals surface area contributed by atoms with Crippen LogP contribution in [0.5, 0.6) is 0 Å². The smallest absolute Gasteiger partial charge is 0.383 e. The maximum absolute atomic E-state index is 13.1. The lowest BCUT2D eigenvalue weighted by Crippen LogP contribution is -2.50. The normalized spacial score (nSPS) is 14.1. The number of benzene rings is 3. The molecule has 0 radical (unpaired) electrons. The van der Waals surface area contributed by atoms with Crippen LogP contribution in [-0.2, 0) is 25.7 Å². The number of carbonyl (C=O) groups excluding carboxylic acids is 2. The third-order valence-corrected chi connectivity index (χ3v) is 8.63. The third kappa shape index (κ3) is 8.46. The van der Waals surface area contributed by atoms with Crippen molar-refractivity contribution in [2.45, 2.75) is 11.1 Å². The molecule has 1 aliphatic rings. The molecule has 1 saturated heterocycles. The van der Waals surface area contributed by atoms with Crippen molar-refractivity contribution in [2.75, 3.05) is 68.5 Å². The highest BCUT2D eigenvalue weighted by molar-refractivity contribution is 7.89. The molecule has 14 heteroatoms. The van der Waals surface area contributed by atoms with E-state index in [4.69, 9.17) is 4.74 Å². The van der Waals surface area contributed by atoms with Crippen molar-refractivity contribution >= 4 is 39.0 Å². The first-order valence-corrected chi connectivity index (χ1v) is 14.8. The van der Waals surface area contributed by atoms with Gasteiger partial charge < -0.3 is 25.2 Å². The molecule has 0 aromatic heterocycles. The number of anilines is 3. The molecule has 3 amide bonds. The number of methoxy groups -OCH3 is 1. The lowest BCUT2D eigenvalue weighted by atomic mass is 10.2. The van der Waals surface area contributed by atoms with E-state index in [-0.39, 0.29) is 23.7 Å². The molecule has 0 bridgehead atoms.